The Bertz CT molecular complexity index is 458. The van der Waals surface area contributed by atoms with Crippen LogP contribution in [0.3, 0.4) is 0 Å². The van der Waals surface area contributed by atoms with Crippen LogP contribution in [0.4, 0.5) is 0 Å². The molecule has 0 heterocycles. The molecule has 7 nitrogen and oxygen atoms in total. The van der Waals surface area contributed by atoms with Crippen molar-refractivity contribution < 1.29 is 23.1 Å². The molecule has 0 aromatic rings. The number of carboxylic acid groups (broad SMARTS) is 1. The topological polar surface area (TPSA) is 104 Å². The van der Waals surface area contributed by atoms with E-state index in [0.29, 0.717) is 6.42 Å². The number of sulfonamides is 1. The molecule has 1 unspecified atom stereocenters. The van der Waals surface area contributed by atoms with Crippen LogP contribution in [0.25, 0.3) is 0 Å². The van der Waals surface area contributed by atoms with Gasteiger partial charge in [0.1, 0.15) is 5.54 Å². The monoisotopic (exact) mass is 308 g/mol. The minimum absolute atomic E-state index is 0.0704. The van der Waals surface area contributed by atoms with Gasteiger partial charge in [0.05, 0.1) is 11.8 Å². The Balaban J connectivity index is 5.09. The Hall–Kier alpha value is -1.15. The van der Waals surface area contributed by atoms with Crippen LogP contribution >= 0.6 is 0 Å². The molecule has 0 aliphatic carbocycles. The maximum Gasteiger partial charge on any atom is 0.329 e. The smallest absolute Gasteiger partial charge is 0.329 e. The van der Waals surface area contributed by atoms with Crippen molar-refractivity contribution in [3.05, 3.63) is 0 Å². The molecule has 1 atom stereocenters. The van der Waals surface area contributed by atoms with Crippen LogP contribution in [0.1, 0.15) is 41.0 Å². The Morgan fingerprint density at radius 2 is 1.80 bits per heavy atom. The van der Waals surface area contributed by atoms with Gasteiger partial charge in [-0.3, -0.25) is 4.79 Å². The normalized spacial score (nSPS) is 13.8. The number of hydrogen-bond acceptors (Lipinski definition) is 4. The van der Waals surface area contributed by atoms with Gasteiger partial charge in [-0.2, -0.15) is 0 Å². The predicted octanol–water partition coefficient (Wildman–Crippen LogP) is 0.416. The standard InChI is InChI=1S/C12H24N2O5S/c1-6-8-20(18,19)13-9(3)10(15)14(7-2)12(4,5)11(16)17/h9,13H,6-8H2,1-5H3,(H,16,17). The molecule has 0 radical (unpaired) electrons. The fourth-order valence-electron chi connectivity index (χ4n) is 1.82. The highest BCUT2D eigenvalue weighted by Gasteiger charge is 2.39. The summed E-state index contributed by atoms with van der Waals surface area (Å²) in [5.74, 6) is -1.77. The maximum atomic E-state index is 12.2. The minimum atomic E-state index is -3.53. The second-order valence-corrected chi connectivity index (χ2v) is 6.98. The van der Waals surface area contributed by atoms with Crippen molar-refractivity contribution in [2.75, 3.05) is 12.3 Å². The molecular weight excluding hydrogens is 284 g/mol. The summed E-state index contributed by atoms with van der Waals surface area (Å²) in [6, 6.07) is -0.995. The number of nitrogens with zero attached hydrogens (tertiary/aromatic N) is 1. The predicted molar refractivity (Wildman–Crippen MR) is 75.8 cm³/mol. The van der Waals surface area contributed by atoms with Crippen molar-refractivity contribution >= 4 is 21.9 Å². The molecule has 0 aliphatic rings. The second-order valence-electron chi connectivity index (χ2n) is 5.11. The van der Waals surface area contributed by atoms with Gasteiger partial charge in [-0.1, -0.05) is 6.92 Å². The van der Waals surface area contributed by atoms with E-state index in [2.05, 4.69) is 4.72 Å². The van der Waals surface area contributed by atoms with E-state index in [1.54, 1.807) is 13.8 Å². The number of hydrogen-bond donors (Lipinski definition) is 2. The lowest BCUT2D eigenvalue weighted by molar-refractivity contribution is -0.157. The van der Waals surface area contributed by atoms with E-state index in [4.69, 9.17) is 5.11 Å². The van der Waals surface area contributed by atoms with Gasteiger partial charge in [-0.15, -0.1) is 0 Å². The second kappa shape index (κ2) is 7.03. The summed E-state index contributed by atoms with van der Waals surface area (Å²) in [5, 5.41) is 9.16. The van der Waals surface area contributed by atoms with E-state index < -0.39 is 33.5 Å². The molecule has 0 saturated heterocycles. The number of amides is 1. The van der Waals surface area contributed by atoms with Crippen LogP contribution in [0.2, 0.25) is 0 Å². The third kappa shape index (κ3) is 4.75. The number of carboxylic acids is 1. The van der Waals surface area contributed by atoms with Crippen molar-refractivity contribution in [1.82, 2.24) is 9.62 Å². The van der Waals surface area contributed by atoms with E-state index in [-0.39, 0.29) is 12.3 Å². The van der Waals surface area contributed by atoms with E-state index >= 15 is 0 Å². The van der Waals surface area contributed by atoms with Crippen LogP contribution in [0.5, 0.6) is 0 Å². The molecule has 0 bridgehead atoms. The van der Waals surface area contributed by atoms with Gasteiger partial charge >= 0.3 is 5.97 Å². The zero-order valence-corrected chi connectivity index (χ0v) is 13.5. The summed E-state index contributed by atoms with van der Waals surface area (Å²) >= 11 is 0. The van der Waals surface area contributed by atoms with Crippen molar-refractivity contribution in [2.24, 2.45) is 0 Å². The van der Waals surface area contributed by atoms with Crippen LogP contribution in [-0.4, -0.2) is 54.2 Å². The summed E-state index contributed by atoms with van der Waals surface area (Å²) in [6.45, 7) is 7.77. The lowest BCUT2D eigenvalue weighted by atomic mass is 10.0. The average molecular weight is 308 g/mol. The molecule has 20 heavy (non-hydrogen) atoms. The number of rotatable bonds is 8. The van der Waals surface area contributed by atoms with Crippen LogP contribution in [-0.2, 0) is 19.6 Å². The molecule has 2 N–H and O–H groups in total. The summed E-state index contributed by atoms with van der Waals surface area (Å²) < 4.78 is 25.6. The fourth-order valence-corrected chi connectivity index (χ4v) is 3.12. The first kappa shape index (κ1) is 18.9. The number of aliphatic carboxylic acids is 1. The first-order valence-corrected chi connectivity index (χ1v) is 8.19. The summed E-state index contributed by atoms with van der Waals surface area (Å²) in [6.07, 6.45) is 0.439. The largest absolute Gasteiger partial charge is 0.480 e. The molecular formula is C12H24N2O5S. The Kier molecular flexibility index (Phi) is 6.63. The molecule has 0 rings (SSSR count). The molecule has 8 heteroatoms. The minimum Gasteiger partial charge on any atom is -0.480 e. The number of carbonyl (C=O) groups excluding carboxylic acids is 1. The zero-order valence-electron chi connectivity index (χ0n) is 12.6. The quantitative estimate of drug-likeness (QED) is 0.676. The molecule has 1 amide bonds. The van der Waals surface area contributed by atoms with Crippen LogP contribution in [0, 0.1) is 0 Å². The zero-order chi connectivity index (χ0) is 16.1. The highest BCUT2D eigenvalue weighted by atomic mass is 32.2. The summed E-state index contributed by atoms with van der Waals surface area (Å²) in [4.78, 5) is 24.6. The van der Waals surface area contributed by atoms with E-state index in [1.165, 1.54) is 20.8 Å². The molecule has 0 aromatic heterocycles. The SMILES string of the molecule is CCCS(=O)(=O)NC(C)C(=O)N(CC)C(C)(C)C(=O)O. The van der Waals surface area contributed by atoms with Crippen molar-refractivity contribution in [3.63, 3.8) is 0 Å². The van der Waals surface area contributed by atoms with Gasteiger partial charge in [0.15, 0.2) is 0 Å². The number of likely N-dealkylation sites (N-methyl/N-ethyl adjacent to an activating group) is 1. The summed E-state index contributed by atoms with van der Waals surface area (Å²) in [7, 11) is -3.53. The third-order valence-electron chi connectivity index (χ3n) is 2.98. The highest BCUT2D eigenvalue weighted by molar-refractivity contribution is 7.89. The van der Waals surface area contributed by atoms with Gasteiger partial charge in [-0.05, 0) is 34.1 Å². The molecule has 0 aliphatic heterocycles. The number of carbonyl (C=O) groups is 2. The van der Waals surface area contributed by atoms with Crippen molar-refractivity contribution in [1.29, 1.82) is 0 Å². The molecule has 0 fully saturated rings. The first-order chi connectivity index (χ1) is 8.99. The van der Waals surface area contributed by atoms with Crippen LogP contribution in [0.15, 0.2) is 0 Å². The van der Waals surface area contributed by atoms with Gasteiger partial charge in [0.2, 0.25) is 15.9 Å². The van der Waals surface area contributed by atoms with Gasteiger partial charge in [0, 0.05) is 6.54 Å². The average Bonchev–Trinajstić information content (AvgIpc) is 2.28. The van der Waals surface area contributed by atoms with Gasteiger partial charge in [-0.25, -0.2) is 17.9 Å². The fraction of sp³-hybridized carbons (Fsp3) is 0.833. The van der Waals surface area contributed by atoms with Gasteiger partial charge in [0.25, 0.3) is 0 Å². The summed E-state index contributed by atoms with van der Waals surface area (Å²) in [5.41, 5.74) is -1.39. The van der Waals surface area contributed by atoms with Gasteiger partial charge < -0.3 is 10.0 Å². The Labute approximate surface area is 120 Å². The molecule has 0 saturated carbocycles. The van der Waals surface area contributed by atoms with Crippen LogP contribution < -0.4 is 4.72 Å². The number of nitrogens with one attached hydrogen (secondary N) is 1. The van der Waals surface area contributed by atoms with E-state index in [0.717, 1.165) is 4.90 Å². The lowest BCUT2D eigenvalue weighted by Crippen LogP contribution is -2.58. The van der Waals surface area contributed by atoms with E-state index in [9.17, 15) is 18.0 Å². The Morgan fingerprint density at radius 1 is 1.30 bits per heavy atom. The Morgan fingerprint density at radius 3 is 2.15 bits per heavy atom. The molecule has 0 aromatic carbocycles. The van der Waals surface area contributed by atoms with Crippen molar-refractivity contribution in [2.45, 2.75) is 52.6 Å². The third-order valence-corrected chi connectivity index (χ3v) is 4.64. The van der Waals surface area contributed by atoms with E-state index in [1.807, 2.05) is 0 Å². The first-order valence-electron chi connectivity index (χ1n) is 6.54. The van der Waals surface area contributed by atoms with Crippen molar-refractivity contribution in [3.8, 4) is 0 Å². The lowest BCUT2D eigenvalue weighted by Gasteiger charge is -2.36. The highest BCUT2D eigenvalue weighted by Crippen LogP contribution is 2.16. The molecule has 118 valence electrons. The maximum absolute atomic E-state index is 12.2. The molecule has 0 spiro atoms.